The minimum absolute atomic E-state index is 0.405. The number of aromatic nitrogens is 1. The van der Waals surface area contributed by atoms with Crippen molar-refractivity contribution < 1.29 is 4.42 Å². The number of nitrogens with one attached hydrogen (secondary N) is 1. The number of hydrogen-bond acceptors (Lipinski definition) is 4. The molecule has 3 rings (SSSR count). The second-order valence-corrected chi connectivity index (χ2v) is 6.22. The van der Waals surface area contributed by atoms with E-state index >= 15 is 0 Å². The minimum Gasteiger partial charge on any atom is -0.445 e. The Balaban J connectivity index is 1.72. The second-order valence-electron chi connectivity index (χ2n) is 6.22. The summed E-state index contributed by atoms with van der Waals surface area (Å²) in [7, 11) is 0. The molecule has 94 valence electrons. The van der Waals surface area contributed by atoms with Gasteiger partial charge in [0.15, 0.2) is 5.89 Å². The normalized spacial score (nSPS) is 37.6. The molecule has 1 aromatic rings. The molecule has 2 atom stereocenters. The molecule has 0 bridgehead atoms. The molecule has 0 unspecified atom stereocenters. The quantitative estimate of drug-likeness (QED) is 0.841. The molecule has 1 aromatic heterocycles. The first-order valence-corrected chi connectivity index (χ1v) is 6.35. The van der Waals surface area contributed by atoms with Crippen LogP contribution in [-0.2, 0) is 6.54 Å². The molecule has 0 amide bonds. The topological polar surface area (TPSA) is 41.3 Å². The van der Waals surface area contributed by atoms with Crippen molar-refractivity contribution in [1.82, 2.24) is 15.2 Å². The molecule has 0 spiro atoms. The first-order valence-electron chi connectivity index (χ1n) is 6.35. The first kappa shape index (κ1) is 11.2. The Kier molecular flexibility index (Phi) is 2.35. The van der Waals surface area contributed by atoms with Gasteiger partial charge in [0.05, 0.1) is 12.7 Å². The SMILES string of the molecule is Cc1ncc(CN2C[C@]3(C)CNC[C@]3(C)C2)o1. The van der Waals surface area contributed by atoms with Gasteiger partial charge in [-0.15, -0.1) is 0 Å². The molecular formula is C13H21N3O. The molecule has 17 heavy (non-hydrogen) atoms. The number of oxazole rings is 1. The van der Waals surface area contributed by atoms with E-state index in [1.165, 1.54) is 0 Å². The van der Waals surface area contributed by atoms with Crippen molar-refractivity contribution in [3.8, 4) is 0 Å². The molecule has 0 saturated carbocycles. The fourth-order valence-corrected chi connectivity index (χ4v) is 3.39. The highest BCUT2D eigenvalue weighted by Crippen LogP contribution is 2.48. The van der Waals surface area contributed by atoms with E-state index in [-0.39, 0.29) is 0 Å². The average Bonchev–Trinajstić information content (AvgIpc) is 2.78. The third-order valence-corrected chi connectivity index (χ3v) is 4.68. The molecule has 1 N–H and O–H groups in total. The zero-order valence-electron chi connectivity index (χ0n) is 10.9. The summed E-state index contributed by atoms with van der Waals surface area (Å²) in [5.74, 6) is 1.75. The summed E-state index contributed by atoms with van der Waals surface area (Å²) in [5, 5.41) is 3.53. The number of aryl methyl sites for hydroxylation is 1. The maximum absolute atomic E-state index is 5.57. The van der Waals surface area contributed by atoms with Crippen molar-refractivity contribution in [3.63, 3.8) is 0 Å². The molecule has 4 nitrogen and oxygen atoms in total. The molecule has 4 heteroatoms. The molecule has 2 fully saturated rings. The summed E-state index contributed by atoms with van der Waals surface area (Å²) < 4.78 is 5.57. The maximum Gasteiger partial charge on any atom is 0.191 e. The van der Waals surface area contributed by atoms with Gasteiger partial charge in [-0.1, -0.05) is 13.8 Å². The van der Waals surface area contributed by atoms with Crippen LogP contribution in [-0.4, -0.2) is 36.1 Å². The third kappa shape index (κ3) is 1.70. The van der Waals surface area contributed by atoms with E-state index < -0.39 is 0 Å². The van der Waals surface area contributed by atoms with Gasteiger partial charge in [0.25, 0.3) is 0 Å². The van der Waals surface area contributed by atoms with E-state index in [4.69, 9.17) is 4.42 Å². The minimum atomic E-state index is 0.405. The van der Waals surface area contributed by atoms with E-state index in [1.54, 1.807) is 0 Å². The van der Waals surface area contributed by atoms with Crippen LogP contribution >= 0.6 is 0 Å². The highest BCUT2D eigenvalue weighted by molar-refractivity contribution is 5.09. The van der Waals surface area contributed by atoms with Crippen LogP contribution in [0.1, 0.15) is 25.5 Å². The number of hydrogen-bond donors (Lipinski definition) is 1. The zero-order valence-corrected chi connectivity index (χ0v) is 10.9. The van der Waals surface area contributed by atoms with Crippen LogP contribution in [0.3, 0.4) is 0 Å². The van der Waals surface area contributed by atoms with Crippen molar-refractivity contribution in [3.05, 3.63) is 17.8 Å². The first-order chi connectivity index (χ1) is 8.01. The monoisotopic (exact) mass is 235 g/mol. The Morgan fingerprint density at radius 1 is 1.35 bits per heavy atom. The fraction of sp³-hybridized carbons (Fsp3) is 0.769. The molecule has 3 heterocycles. The summed E-state index contributed by atoms with van der Waals surface area (Å²) in [4.78, 5) is 6.66. The van der Waals surface area contributed by atoms with Crippen LogP contribution < -0.4 is 5.32 Å². The van der Waals surface area contributed by atoms with Gasteiger partial charge < -0.3 is 9.73 Å². The highest BCUT2D eigenvalue weighted by atomic mass is 16.4. The van der Waals surface area contributed by atoms with Crippen LogP contribution in [0.25, 0.3) is 0 Å². The van der Waals surface area contributed by atoms with Gasteiger partial charge in [-0.25, -0.2) is 4.98 Å². The summed E-state index contributed by atoms with van der Waals surface area (Å²) in [5.41, 5.74) is 0.810. The number of likely N-dealkylation sites (tertiary alicyclic amines) is 1. The Morgan fingerprint density at radius 2 is 2.00 bits per heavy atom. The van der Waals surface area contributed by atoms with E-state index in [0.717, 1.165) is 44.4 Å². The molecule has 0 aliphatic carbocycles. The zero-order chi connectivity index (χ0) is 12.1. The lowest BCUT2D eigenvalue weighted by Gasteiger charge is -2.31. The van der Waals surface area contributed by atoms with Crippen molar-refractivity contribution in [2.24, 2.45) is 10.8 Å². The predicted molar refractivity (Wildman–Crippen MR) is 65.6 cm³/mol. The van der Waals surface area contributed by atoms with E-state index in [9.17, 15) is 0 Å². The lowest BCUT2D eigenvalue weighted by molar-refractivity contribution is 0.212. The highest BCUT2D eigenvalue weighted by Gasteiger charge is 2.54. The number of nitrogens with zero attached hydrogens (tertiary/aromatic N) is 2. The summed E-state index contributed by atoms with van der Waals surface area (Å²) in [6, 6.07) is 0. The van der Waals surface area contributed by atoms with Gasteiger partial charge in [0, 0.05) is 43.9 Å². The van der Waals surface area contributed by atoms with E-state index in [0.29, 0.717) is 10.8 Å². The molecular weight excluding hydrogens is 214 g/mol. The van der Waals surface area contributed by atoms with Crippen molar-refractivity contribution in [2.75, 3.05) is 26.2 Å². The summed E-state index contributed by atoms with van der Waals surface area (Å²) in [6.07, 6.45) is 1.85. The largest absolute Gasteiger partial charge is 0.445 e. The number of rotatable bonds is 2. The third-order valence-electron chi connectivity index (χ3n) is 4.68. The average molecular weight is 235 g/mol. The van der Waals surface area contributed by atoms with Crippen molar-refractivity contribution in [1.29, 1.82) is 0 Å². The van der Waals surface area contributed by atoms with Crippen LogP contribution in [0.2, 0.25) is 0 Å². The van der Waals surface area contributed by atoms with Crippen molar-refractivity contribution >= 4 is 0 Å². The standard InChI is InChI=1S/C13H21N3O/c1-10-15-4-11(17-10)5-16-8-12(2)6-14-7-13(12,3)9-16/h4,14H,5-9H2,1-3H3/t12-,13+. The van der Waals surface area contributed by atoms with Crippen LogP contribution in [0.5, 0.6) is 0 Å². The van der Waals surface area contributed by atoms with Gasteiger partial charge in [-0.2, -0.15) is 0 Å². The summed E-state index contributed by atoms with van der Waals surface area (Å²) >= 11 is 0. The van der Waals surface area contributed by atoms with E-state index in [2.05, 4.69) is 29.0 Å². The summed E-state index contributed by atoms with van der Waals surface area (Å²) in [6.45, 7) is 12.2. The lowest BCUT2D eigenvalue weighted by Crippen LogP contribution is -2.34. The molecule has 2 aliphatic rings. The van der Waals surface area contributed by atoms with Crippen LogP contribution in [0, 0.1) is 17.8 Å². The molecule has 0 radical (unpaired) electrons. The maximum atomic E-state index is 5.57. The Labute approximate surface area is 102 Å². The predicted octanol–water partition coefficient (Wildman–Crippen LogP) is 1.41. The molecule has 2 aliphatic heterocycles. The Morgan fingerprint density at radius 3 is 2.53 bits per heavy atom. The molecule has 2 saturated heterocycles. The van der Waals surface area contributed by atoms with Crippen LogP contribution in [0.4, 0.5) is 0 Å². The van der Waals surface area contributed by atoms with Crippen LogP contribution in [0.15, 0.2) is 10.6 Å². The Hall–Kier alpha value is -0.870. The second kappa shape index (κ2) is 3.56. The Bertz CT molecular complexity index is 412. The number of fused-ring (bicyclic) bond motifs is 1. The van der Waals surface area contributed by atoms with E-state index in [1.807, 2.05) is 13.1 Å². The fourth-order valence-electron chi connectivity index (χ4n) is 3.39. The van der Waals surface area contributed by atoms with Gasteiger partial charge in [-0.05, 0) is 0 Å². The van der Waals surface area contributed by atoms with Gasteiger partial charge in [-0.3, -0.25) is 4.90 Å². The lowest BCUT2D eigenvalue weighted by atomic mass is 9.71. The smallest absolute Gasteiger partial charge is 0.191 e. The van der Waals surface area contributed by atoms with Gasteiger partial charge in [0.1, 0.15) is 5.76 Å². The van der Waals surface area contributed by atoms with Gasteiger partial charge >= 0.3 is 0 Å². The van der Waals surface area contributed by atoms with Crippen molar-refractivity contribution in [2.45, 2.75) is 27.3 Å². The molecule has 0 aromatic carbocycles. The van der Waals surface area contributed by atoms with Gasteiger partial charge in [0.2, 0.25) is 0 Å².